The molecule has 4 aliphatic carbocycles. The highest BCUT2D eigenvalue weighted by Gasteiger charge is 2.76. The molecule has 2 nitrogen and oxygen atoms in total. The van der Waals surface area contributed by atoms with Crippen LogP contribution in [0.15, 0.2) is 35.2 Å². The molecular formula is C13H13ClO2S. The van der Waals surface area contributed by atoms with Gasteiger partial charge in [0.15, 0.2) is 9.84 Å². The third kappa shape index (κ3) is 1.14. The lowest BCUT2D eigenvalue weighted by Gasteiger charge is -2.17. The SMILES string of the molecule is O=S(=O)(c1ccccc1)[C@H]1[C@H]2C[C@H]3[C@@H]([C@H]2Cl)[C@H]31. The molecule has 0 aliphatic heterocycles. The third-order valence-electron chi connectivity index (χ3n) is 4.84. The third-order valence-corrected chi connectivity index (χ3v) is 7.77. The first-order chi connectivity index (χ1) is 8.12. The van der Waals surface area contributed by atoms with Crippen LogP contribution in [0.3, 0.4) is 0 Å². The molecular weight excluding hydrogens is 256 g/mol. The molecule has 4 saturated carbocycles. The van der Waals surface area contributed by atoms with E-state index in [1.807, 2.05) is 6.07 Å². The summed E-state index contributed by atoms with van der Waals surface area (Å²) in [6.45, 7) is 0. The number of hydrogen-bond donors (Lipinski definition) is 0. The van der Waals surface area contributed by atoms with E-state index in [0.717, 1.165) is 6.42 Å². The Bertz CT molecular complexity index is 568. The number of benzene rings is 1. The molecule has 90 valence electrons. The molecule has 0 unspecified atom stereocenters. The fourth-order valence-electron chi connectivity index (χ4n) is 4.19. The van der Waals surface area contributed by atoms with Crippen molar-refractivity contribution in [1.29, 1.82) is 0 Å². The van der Waals surface area contributed by atoms with Crippen molar-refractivity contribution in [1.82, 2.24) is 0 Å². The molecule has 0 saturated heterocycles. The minimum atomic E-state index is -3.17. The van der Waals surface area contributed by atoms with Gasteiger partial charge in [-0.3, -0.25) is 0 Å². The first-order valence-electron chi connectivity index (χ1n) is 6.05. The van der Waals surface area contributed by atoms with Crippen LogP contribution in [0.5, 0.6) is 0 Å². The Morgan fingerprint density at radius 2 is 1.76 bits per heavy atom. The van der Waals surface area contributed by atoms with E-state index in [0.29, 0.717) is 22.6 Å². The Hall–Kier alpha value is -0.540. The first kappa shape index (κ1) is 10.4. The maximum atomic E-state index is 12.6. The summed E-state index contributed by atoms with van der Waals surface area (Å²) in [7, 11) is -3.17. The van der Waals surface area contributed by atoms with E-state index < -0.39 is 9.84 Å². The second-order valence-corrected chi connectivity index (χ2v) is 8.09. The Morgan fingerprint density at radius 1 is 1.06 bits per heavy atom. The number of sulfone groups is 1. The lowest BCUT2D eigenvalue weighted by Crippen LogP contribution is -2.27. The highest BCUT2D eigenvalue weighted by molar-refractivity contribution is 7.92. The highest BCUT2D eigenvalue weighted by Crippen LogP contribution is 2.73. The predicted molar refractivity (Wildman–Crippen MR) is 65.6 cm³/mol. The van der Waals surface area contributed by atoms with Crippen LogP contribution in [0.4, 0.5) is 0 Å². The summed E-state index contributed by atoms with van der Waals surface area (Å²) in [5, 5.41) is -0.101. The molecule has 17 heavy (non-hydrogen) atoms. The fourth-order valence-corrected chi connectivity index (χ4v) is 7.28. The smallest absolute Gasteiger partial charge is 0.181 e. The van der Waals surface area contributed by atoms with Gasteiger partial charge in [0.25, 0.3) is 0 Å². The monoisotopic (exact) mass is 268 g/mol. The van der Waals surface area contributed by atoms with Crippen LogP contribution in [0.2, 0.25) is 0 Å². The Labute approximate surface area is 106 Å². The predicted octanol–water partition coefficient (Wildman–Crippen LogP) is 2.33. The summed E-state index contributed by atoms with van der Waals surface area (Å²) in [6, 6.07) is 8.82. The summed E-state index contributed by atoms with van der Waals surface area (Å²) in [5.41, 5.74) is 0. The van der Waals surface area contributed by atoms with Crippen molar-refractivity contribution in [2.75, 3.05) is 0 Å². The number of rotatable bonds is 2. The zero-order chi connectivity index (χ0) is 11.8. The maximum absolute atomic E-state index is 12.6. The van der Waals surface area contributed by atoms with Crippen molar-refractivity contribution in [3.05, 3.63) is 30.3 Å². The molecule has 0 radical (unpaired) electrons. The van der Waals surface area contributed by atoms with Gasteiger partial charge in [-0.15, -0.1) is 11.6 Å². The van der Waals surface area contributed by atoms with Gasteiger partial charge >= 0.3 is 0 Å². The zero-order valence-corrected chi connectivity index (χ0v) is 10.7. The lowest BCUT2D eigenvalue weighted by atomic mass is 10.1. The van der Waals surface area contributed by atoms with E-state index in [1.54, 1.807) is 24.3 Å². The van der Waals surface area contributed by atoms with Crippen molar-refractivity contribution >= 4 is 21.4 Å². The van der Waals surface area contributed by atoms with Gasteiger partial charge in [-0.1, -0.05) is 18.2 Å². The fraction of sp³-hybridized carbons (Fsp3) is 0.538. The number of hydrogen-bond acceptors (Lipinski definition) is 2. The first-order valence-corrected chi connectivity index (χ1v) is 8.03. The van der Waals surface area contributed by atoms with Crippen LogP contribution in [-0.2, 0) is 9.84 Å². The molecule has 4 fully saturated rings. The molecule has 1 aromatic carbocycles. The average molecular weight is 269 g/mol. The molecule has 4 aliphatic rings. The van der Waals surface area contributed by atoms with Gasteiger partial charge in [0.05, 0.1) is 10.1 Å². The molecule has 0 aromatic heterocycles. The van der Waals surface area contributed by atoms with E-state index in [2.05, 4.69) is 0 Å². The highest BCUT2D eigenvalue weighted by atomic mass is 35.5. The largest absolute Gasteiger partial charge is 0.223 e. The second-order valence-electron chi connectivity index (χ2n) is 5.49. The van der Waals surface area contributed by atoms with E-state index >= 15 is 0 Å². The quantitative estimate of drug-likeness (QED) is 0.772. The van der Waals surface area contributed by atoms with E-state index in [-0.39, 0.29) is 16.5 Å². The standard InChI is InChI=1S/C13H13ClO2S/c14-12-9-6-8-10(12)11(8)13(9)17(15,16)7-4-2-1-3-5-7/h1-5,8-13H,6H2/t8-,9-,10+,11-,12-,13-/m0/s1. The maximum Gasteiger partial charge on any atom is 0.181 e. The van der Waals surface area contributed by atoms with Crippen LogP contribution in [0.25, 0.3) is 0 Å². The Balaban J connectivity index is 1.78. The topological polar surface area (TPSA) is 34.1 Å². The van der Waals surface area contributed by atoms with E-state index in [4.69, 9.17) is 11.6 Å². The summed E-state index contributed by atoms with van der Waals surface area (Å²) in [4.78, 5) is 0.465. The lowest BCUT2D eigenvalue weighted by molar-refractivity contribution is 0.544. The van der Waals surface area contributed by atoms with Gasteiger partial charge in [0.1, 0.15) is 0 Å². The van der Waals surface area contributed by atoms with Crippen LogP contribution in [0.1, 0.15) is 6.42 Å². The van der Waals surface area contributed by atoms with Gasteiger partial charge < -0.3 is 0 Å². The van der Waals surface area contributed by atoms with Crippen molar-refractivity contribution < 1.29 is 8.42 Å². The summed E-state index contributed by atoms with van der Waals surface area (Å²) in [6.07, 6.45) is 1.03. The molecule has 6 atom stereocenters. The van der Waals surface area contributed by atoms with Crippen LogP contribution in [0, 0.1) is 23.7 Å². The minimum Gasteiger partial charge on any atom is -0.223 e. The molecule has 4 heteroatoms. The van der Waals surface area contributed by atoms with Crippen LogP contribution in [-0.4, -0.2) is 19.0 Å². The number of alkyl halides is 1. The van der Waals surface area contributed by atoms with Gasteiger partial charge in [-0.2, -0.15) is 0 Å². The van der Waals surface area contributed by atoms with Gasteiger partial charge in [0, 0.05) is 5.38 Å². The van der Waals surface area contributed by atoms with Crippen molar-refractivity contribution in [3.63, 3.8) is 0 Å². The van der Waals surface area contributed by atoms with Crippen molar-refractivity contribution in [3.8, 4) is 0 Å². The average Bonchev–Trinajstić information content (AvgIpc) is 2.64. The molecule has 4 bridgehead atoms. The Morgan fingerprint density at radius 3 is 2.24 bits per heavy atom. The molecule has 1 aromatic rings. The van der Waals surface area contributed by atoms with Crippen LogP contribution >= 0.6 is 11.6 Å². The normalized spacial score (nSPS) is 46.2. The second kappa shape index (κ2) is 3.07. The van der Waals surface area contributed by atoms with Gasteiger partial charge in [0.2, 0.25) is 0 Å². The zero-order valence-electron chi connectivity index (χ0n) is 9.16. The van der Waals surface area contributed by atoms with Gasteiger partial charge in [-0.25, -0.2) is 8.42 Å². The summed E-state index contributed by atoms with van der Waals surface area (Å²) in [5.74, 6) is 1.64. The Kier molecular flexibility index (Phi) is 1.87. The van der Waals surface area contributed by atoms with E-state index in [9.17, 15) is 8.42 Å². The number of halogens is 1. The molecule has 0 spiro atoms. The molecule has 5 rings (SSSR count). The molecule has 0 heterocycles. The summed E-state index contributed by atoms with van der Waals surface area (Å²) >= 11 is 6.32. The molecule has 0 amide bonds. The van der Waals surface area contributed by atoms with Crippen LogP contribution < -0.4 is 0 Å². The van der Waals surface area contributed by atoms with E-state index in [1.165, 1.54) is 0 Å². The summed E-state index contributed by atoms with van der Waals surface area (Å²) < 4.78 is 25.2. The molecule has 0 N–H and O–H groups in total. The van der Waals surface area contributed by atoms with Crippen molar-refractivity contribution in [2.24, 2.45) is 23.7 Å². The van der Waals surface area contributed by atoms with Crippen molar-refractivity contribution in [2.45, 2.75) is 21.9 Å². The van der Waals surface area contributed by atoms with Gasteiger partial charge in [-0.05, 0) is 42.2 Å². The minimum absolute atomic E-state index is 0.105.